The number of nitrogens with zero attached hydrogens (tertiary/aromatic N) is 3. The fourth-order valence-electron chi connectivity index (χ4n) is 1.44. The van der Waals surface area contributed by atoms with E-state index in [-0.39, 0.29) is 18.1 Å². The molecule has 21 heavy (non-hydrogen) atoms. The van der Waals surface area contributed by atoms with Gasteiger partial charge in [0, 0.05) is 10.2 Å². The first kappa shape index (κ1) is 15.7. The third-order valence-electron chi connectivity index (χ3n) is 2.26. The third kappa shape index (κ3) is 4.42. The molecule has 0 fully saturated rings. The molecule has 4 N–H and O–H groups in total. The molecule has 0 atom stereocenters. The minimum Gasteiger partial charge on any atom is -0.461 e. The van der Waals surface area contributed by atoms with E-state index in [0.29, 0.717) is 11.0 Å². The Morgan fingerprint density at radius 3 is 2.57 bits per heavy atom. The molecule has 0 amide bonds. The molecular formula is C12H14BrClN6O. The number of hydrogen-bond donors (Lipinski definition) is 3. The van der Waals surface area contributed by atoms with Crippen molar-refractivity contribution in [3.8, 4) is 6.01 Å². The number of nitrogens with two attached hydrogens (primary N) is 1. The van der Waals surface area contributed by atoms with E-state index in [9.17, 15) is 0 Å². The summed E-state index contributed by atoms with van der Waals surface area (Å²) in [5, 5.41) is 3.59. The van der Waals surface area contributed by atoms with Crippen LogP contribution in [0.3, 0.4) is 0 Å². The number of hydrazine groups is 1. The van der Waals surface area contributed by atoms with E-state index in [1.54, 1.807) is 6.07 Å². The summed E-state index contributed by atoms with van der Waals surface area (Å²) in [7, 11) is 0. The van der Waals surface area contributed by atoms with Crippen molar-refractivity contribution in [2.24, 2.45) is 5.84 Å². The molecule has 0 spiro atoms. The number of rotatable bonds is 5. The summed E-state index contributed by atoms with van der Waals surface area (Å²) in [6, 6.07) is 5.57. The highest BCUT2D eigenvalue weighted by atomic mass is 79.9. The van der Waals surface area contributed by atoms with Crippen molar-refractivity contribution in [3.05, 3.63) is 27.7 Å². The molecule has 0 aliphatic carbocycles. The summed E-state index contributed by atoms with van der Waals surface area (Å²) in [4.78, 5) is 12.3. The largest absolute Gasteiger partial charge is 0.461 e. The van der Waals surface area contributed by atoms with Crippen LogP contribution in [-0.4, -0.2) is 21.1 Å². The molecule has 0 unspecified atom stereocenters. The van der Waals surface area contributed by atoms with Gasteiger partial charge in [-0.3, -0.25) is 5.43 Å². The van der Waals surface area contributed by atoms with Crippen molar-refractivity contribution in [3.63, 3.8) is 0 Å². The van der Waals surface area contributed by atoms with Crippen LogP contribution in [0.5, 0.6) is 6.01 Å². The molecule has 0 saturated carbocycles. The number of nitrogen functional groups attached to an aromatic ring is 1. The summed E-state index contributed by atoms with van der Waals surface area (Å²) in [5.41, 5.74) is 3.10. The molecule has 7 nitrogen and oxygen atoms in total. The molecule has 0 aliphatic heterocycles. The Balaban J connectivity index is 2.27. The van der Waals surface area contributed by atoms with Crippen molar-refractivity contribution in [1.29, 1.82) is 0 Å². The molecular weight excluding hydrogens is 360 g/mol. The fourth-order valence-corrected chi connectivity index (χ4v) is 1.87. The van der Waals surface area contributed by atoms with E-state index >= 15 is 0 Å². The van der Waals surface area contributed by atoms with Crippen LogP contribution in [0.1, 0.15) is 13.8 Å². The Morgan fingerprint density at radius 1 is 1.24 bits per heavy atom. The predicted molar refractivity (Wildman–Crippen MR) is 85.8 cm³/mol. The molecule has 0 radical (unpaired) electrons. The van der Waals surface area contributed by atoms with Crippen LogP contribution in [0.4, 0.5) is 17.6 Å². The average Bonchev–Trinajstić information content (AvgIpc) is 2.42. The van der Waals surface area contributed by atoms with Crippen molar-refractivity contribution < 1.29 is 4.74 Å². The Kier molecular flexibility index (Phi) is 5.16. The molecule has 112 valence electrons. The van der Waals surface area contributed by atoms with Crippen LogP contribution in [0.25, 0.3) is 0 Å². The third-order valence-corrected chi connectivity index (χ3v) is 3.49. The van der Waals surface area contributed by atoms with E-state index < -0.39 is 0 Å². The highest BCUT2D eigenvalue weighted by molar-refractivity contribution is 9.10. The minimum atomic E-state index is -0.0620. The maximum atomic E-state index is 6.04. The SMILES string of the molecule is CC(C)Oc1nc(NN)nc(Nc2ccc(Br)c(Cl)c2)n1. The topological polar surface area (TPSA) is 98.0 Å². The van der Waals surface area contributed by atoms with E-state index in [1.807, 2.05) is 26.0 Å². The van der Waals surface area contributed by atoms with Crippen molar-refractivity contribution in [2.75, 3.05) is 10.7 Å². The summed E-state index contributed by atoms with van der Waals surface area (Å²) < 4.78 is 6.25. The molecule has 1 aromatic heterocycles. The average molecular weight is 374 g/mol. The Morgan fingerprint density at radius 2 is 1.95 bits per heavy atom. The normalized spacial score (nSPS) is 10.6. The first-order valence-corrected chi connectivity index (χ1v) is 7.26. The van der Waals surface area contributed by atoms with Gasteiger partial charge in [-0.25, -0.2) is 5.84 Å². The zero-order valence-corrected chi connectivity index (χ0v) is 13.7. The van der Waals surface area contributed by atoms with Gasteiger partial charge in [-0.2, -0.15) is 15.0 Å². The zero-order valence-electron chi connectivity index (χ0n) is 11.4. The number of hydrogen-bond acceptors (Lipinski definition) is 7. The lowest BCUT2D eigenvalue weighted by Crippen LogP contribution is -2.15. The van der Waals surface area contributed by atoms with E-state index in [1.165, 1.54) is 0 Å². The van der Waals surface area contributed by atoms with Gasteiger partial charge in [-0.05, 0) is 48.0 Å². The van der Waals surface area contributed by atoms with E-state index in [4.69, 9.17) is 22.2 Å². The number of aromatic nitrogens is 3. The van der Waals surface area contributed by atoms with E-state index in [0.717, 1.165) is 10.2 Å². The summed E-state index contributed by atoms with van der Waals surface area (Å²) in [6.07, 6.45) is -0.0620. The molecule has 0 bridgehead atoms. The molecule has 2 rings (SSSR count). The van der Waals surface area contributed by atoms with Gasteiger partial charge < -0.3 is 10.1 Å². The van der Waals surface area contributed by atoms with Gasteiger partial charge in [0.2, 0.25) is 11.9 Å². The van der Waals surface area contributed by atoms with Crippen LogP contribution < -0.4 is 21.3 Å². The van der Waals surface area contributed by atoms with Crippen LogP contribution in [0.15, 0.2) is 22.7 Å². The first-order chi connectivity index (χ1) is 9.97. The smallest absolute Gasteiger partial charge is 0.323 e. The number of halogens is 2. The Labute approximate surface area is 135 Å². The lowest BCUT2D eigenvalue weighted by atomic mass is 10.3. The van der Waals surface area contributed by atoms with Crippen LogP contribution in [0.2, 0.25) is 5.02 Å². The van der Waals surface area contributed by atoms with Crippen molar-refractivity contribution in [1.82, 2.24) is 15.0 Å². The second-order valence-corrected chi connectivity index (χ2v) is 5.59. The van der Waals surface area contributed by atoms with Gasteiger partial charge in [0.25, 0.3) is 0 Å². The number of nitrogens with one attached hydrogen (secondary N) is 2. The van der Waals surface area contributed by atoms with Gasteiger partial charge >= 0.3 is 6.01 Å². The highest BCUT2D eigenvalue weighted by Gasteiger charge is 2.09. The Bertz CT molecular complexity index is 639. The zero-order chi connectivity index (χ0) is 15.4. The van der Waals surface area contributed by atoms with Gasteiger partial charge in [-0.15, -0.1) is 0 Å². The highest BCUT2D eigenvalue weighted by Crippen LogP contribution is 2.27. The van der Waals surface area contributed by atoms with E-state index in [2.05, 4.69) is 41.6 Å². The lowest BCUT2D eigenvalue weighted by molar-refractivity contribution is 0.222. The molecule has 1 aromatic carbocycles. The summed E-state index contributed by atoms with van der Waals surface area (Å²) in [6.45, 7) is 3.75. The maximum absolute atomic E-state index is 6.04. The molecule has 1 heterocycles. The van der Waals surface area contributed by atoms with Crippen LogP contribution >= 0.6 is 27.5 Å². The maximum Gasteiger partial charge on any atom is 0.323 e. The number of anilines is 3. The molecule has 0 aliphatic rings. The van der Waals surface area contributed by atoms with Crippen molar-refractivity contribution >= 4 is 45.1 Å². The number of ether oxygens (including phenoxy) is 1. The Hall–Kier alpha value is -1.64. The quantitative estimate of drug-likeness (QED) is 0.547. The lowest BCUT2D eigenvalue weighted by Gasteiger charge is -2.11. The second-order valence-electron chi connectivity index (χ2n) is 4.33. The summed E-state index contributed by atoms with van der Waals surface area (Å²) in [5.74, 6) is 5.84. The van der Waals surface area contributed by atoms with Gasteiger partial charge in [0.1, 0.15) is 0 Å². The number of benzene rings is 1. The first-order valence-electron chi connectivity index (χ1n) is 6.09. The second kappa shape index (κ2) is 6.88. The monoisotopic (exact) mass is 372 g/mol. The van der Waals surface area contributed by atoms with Crippen LogP contribution in [-0.2, 0) is 0 Å². The molecule has 0 saturated heterocycles. The fraction of sp³-hybridized carbons (Fsp3) is 0.250. The van der Waals surface area contributed by atoms with Crippen LogP contribution in [0, 0.1) is 0 Å². The van der Waals surface area contributed by atoms with Gasteiger partial charge in [-0.1, -0.05) is 11.6 Å². The predicted octanol–water partition coefficient (Wildman–Crippen LogP) is 3.10. The van der Waals surface area contributed by atoms with Gasteiger partial charge in [0.05, 0.1) is 11.1 Å². The summed E-state index contributed by atoms with van der Waals surface area (Å²) >= 11 is 9.37. The molecule has 2 aromatic rings. The van der Waals surface area contributed by atoms with Gasteiger partial charge in [0.15, 0.2) is 0 Å². The van der Waals surface area contributed by atoms with Crippen molar-refractivity contribution in [2.45, 2.75) is 20.0 Å². The molecule has 9 heteroatoms. The standard InChI is InChI=1S/C12H14BrClN6O/c1-6(2)21-12-18-10(17-11(19-12)20-15)16-7-3-4-8(13)9(14)5-7/h3-6H,15H2,1-2H3,(H2,16,17,18,19,20). The minimum absolute atomic E-state index is 0.0620.